The van der Waals surface area contributed by atoms with Crippen molar-refractivity contribution < 1.29 is 24.6 Å². The van der Waals surface area contributed by atoms with Gasteiger partial charge in [-0.25, -0.2) is 4.79 Å². The van der Waals surface area contributed by atoms with E-state index < -0.39 is 24.0 Å². The van der Waals surface area contributed by atoms with Gasteiger partial charge in [0.05, 0.1) is 18.0 Å². The van der Waals surface area contributed by atoms with Gasteiger partial charge >= 0.3 is 6.03 Å². The maximum absolute atomic E-state index is 11.3. The summed E-state index contributed by atoms with van der Waals surface area (Å²) in [7, 11) is 0. The second-order valence-electron chi connectivity index (χ2n) is 3.50. The molecule has 1 aromatic carbocycles. The first kappa shape index (κ1) is 13.5. The van der Waals surface area contributed by atoms with Crippen LogP contribution < -0.4 is 20.8 Å². The van der Waals surface area contributed by atoms with Crippen molar-refractivity contribution >= 4 is 23.7 Å². The van der Waals surface area contributed by atoms with E-state index in [0.717, 1.165) is 0 Å². The van der Waals surface area contributed by atoms with Crippen LogP contribution in [0, 0.1) is 0 Å². The molecule has 0 aliphatic rings. The average Bonchev–Trinajstić information content (AvgIpc) is 2.29. The van der Waals surface area contributed by atoms with Gasteiger partial charge in [0.2, 0.25) is 0 Å². The average molecular weight is 250 g/mol. The van der Waals surface area contributed by atoms with Crippen molar-refractivity contribution in [2.45, 2.75) is 13.0 Å². The lowest BCUT2D eigenvalue weighted by molar-refractivity contribution is -0.307. The minimum Gasteiger partial charge on any atom is -0.548 e. The van der Waals surface area contributed by atoms with Crippen molar-refractivity contribution in [3.63, 3.8) is 0 Å². The van der Waals surface area contributed by atoms with Crippen LogP contribution in [0.15, 0.2) is 24.3 Å². The first-order valence-electron chi connectivity index (χ1n) is 5.00. The Kier molecular flexibility index (Phi) is 4.25. The predicted octanol–water partition coefficient (Wildman–Crippen LogP) is -1.69. The number of hydrogen-bond acceptors (Lipinski definition) is 5. The molecule has 2 N–H and O–H groups in total. The van der Waals surface area contributed by atoms with Gasteiger partial charge in [0.1, 0.15) is 0 Å². The summed E-state index contributed by atoms with van der Waals surface area (Å²) in [5.74, 6) is -2.73. The Morgan fingerprint density at radius 2 is 1.67 bits per heavy atom. The monoisotopic (exact) mass is 250 g/mol. The lowest BCUT2D eigenvalue weighted by Gasteiger charge is -2.15. The third kappa shape index (κ3) is 3.78. The fourth-order valence-electron chi connectivity index (χ4n) is 1.11. The maximum Gasteiger partial charge on any atom is 0.319 e. The SMILES string of the molecule is C[C@H](NC(=O)Nc1ccc(C(=O)[O-])cc1)C(=O)[O-]. The van der Waals surface area contributed by atoms with Crippen molar-refractivity contribution in [1.82, 2.24) is 5.32 Å². The molecule has 0 aliphatic heterocycles. The molecular weight excluding hydrogens is 240 g/mol. The third-order valence-corrected chi connectivity index (χ3v) is 2.08. The van der Waals surface area contributed by atoms with Crippen LogP contribution in [0.1, 0.15) is 17.3 Å². The Hall–Kier alpha value is -2.57. The number of carbonyl (C=O) groups excluding carboxylic acids is 3. The molecule has 96 valence electrons. The summed E-state index contributed by atoms with van der Waals surface area (Å²) in [5, 5.41) is 25.3. The molecule has 0 saturated heterocycles. The smallest absolute Gasteiger partial charge is 0.319 e. The van der Waals surface area contributed by atoms with E-state index in [9.17, 15) is 24.6 Å². The first-order valence-corrected chi connectivity index (χ1v) is 5.00. The number of aliphatic carboxylic acids is 1. The molecule has 2 amide bonds. The van der Waals surface area contributed by atoms with E-state index in [1.165, 1.54) is 31.2 Å². The topological polar surface area (TPSA) is 121 Å². The van der Waals surface area contributed by atoms with Gasteiger partial charge in [0.25, 0.3) is 0 Å². The Morgan fingerprint density at radius 3 is 2.11 bits per heavy atom. The number of nitrogens with one attached hydrogen (secondary N) is 2. The van der Waals surface area contributed by atoms with Crippen LogP contribution in [-0.4, -0.2) is 24.0 Å². The Bertz CT molecular complexity index is 469. The Balaban J connectivity index is 2.60. The second kappa shape index (κ2) is 5.67. The van der Waals surface area contributed by atoms with Crippen molar-refractivity contribution in [2.24, 2.45) is 0 Å². The number of amides is 2. The van der Waals surface area contributed by atoms with Gasteiger partial charge in [0, 0.05) is 5.69 Å². The number of rotatable bonds is 4. The fraction of sp³-hybridized carbons (Fsp3) is 0.182. The van der Waals surface area contributed by atoms with Gasteiger partial charge in [0.15, 0.2) is 0 Å². The van der Waals surface area contributed by atoms with Gasteiger partial charge in [-0.1, -0.05) is 12.1 Å². The van der Waals surface area contributed by atoms with Crippen LogP contribution in [0.5, 0.6) is 0 Å². The molecule has 7 nitrogen and oxygen atoms in total. The molecule has 1 atom stereocenters. The zero-order valence-electron chi connectivity index (χ0n) is 9.43. The zero-order chi connectivity index (χ0) is 13.7. The van der Waals surface area contributed by atoms with Crippen LogP contribution in [0.25, 0.3) is 0 Å². The second-order valence-corrected chi connectivity index (χ2v) is 3.50. The number of carbonyl (C=O) groups is 3. The molecular formula is C11H10N2O5-2. The molecule has 0 aromatic heterocycles. The van der Waals surface area contributed by atoms with E-state index in [4.69, 9.17) is 0 Å². The molecule has 18 heavy (non-hydrogen) atoms. The number of carboxylic acid groups (broad SMARTS) is 2. The summed E-state index contributed by atoms with van der Waals surface area (Å²) in [6.45, 7) is 1.26. The highest BCUT2D eigenvalue weighted by Crippen LogP contribution is 2.08. The van der Waals surface area contributed by atoms with E-state index in [-0.39, 0.29) is 5.56 Å². The summed E-state index contributed by atoms with van der Waals surface area (Å²) in [4.78, 5) is 32.2. The molecule has 0 fully saturated rings. The number of aromatic carboxylic acids is 1. The number of urea groups is 1. The highest BCUT2D eigenvalue weighted by atomic mass is 16.4. The minimum atomic E-state index is -1.41. The predicted molar refractivity (Wildman–Crippen MR) is 57.4 cm³/mol. The van der Waals surface area contributed by atoms with Gasteiger partial charge in [-0.15, -0.1) is 0 Å². The van der Waals surface area contributed by atoms with Crippen LogP contribution in [0.3, 0.4) is 0 Å². The van der Waals surface area contributed by atoms with Gasteiger partial charge in [-0.2, -0.15) is 0 Å². The highest BCUT2D eigenvalue weighted by molar-refractivity contribution is 5.92. The summed E-state index contributed by atoms with van der Waals surface area (Å²) in [6, 6.07) is 3.36. The highest BCUT2D eigenvalue weighted by Gasteiger charge is 2.07. The summed E-state index contributed by atoms with van der Waals surface area (Å²) in [5.41, 5.74) is 0.298. The molecule has 1 rings (SSSR count). The van der Waals surface area contributed by atoms with E-state index in [2.05, 4.69) is 10.6 Å². The quantitative estimate of drug-likeness (QED) is 0.660. The molecule has 0 saturated carbocycles. The molecule has 1 aromatic rings. The van der Waals surface area contributed by atoms with Crippen LogP contribution >= 0.6 is 0 Å². The summed E-state index contributed by atoms with van der Waals surface area (Å²) < 4.78 is 0. The van der Waals surface area contributed by atoms with Crippen molar-refractivity contribution in [3.8, 4) is 0 Å². The van der Waals surface area contributed by atoms with Crippen molar-refractivity contribution in [1.29, 1.82) is 0 Å². The maximum atomic E-state index is 11.3. The Morgan fingerprint density at radius 1 is 1.11 bits per heavy atom. The standard InChI is InChI=1S/C11H12N2O5/c1-6(9(14)15)12-11(18)13-8-4-2-7(3-5-8)10(16)17/h2-6H,1H3,(H,14,15)(H,16,17)(H2,12,13,18)/p-2/t6-/m0/s1. The molecule has 0 aliphatic carbocycles. The minimum absolute atomic E-state index is 0.0240. The first-order chi connectivity index (χ1) is 8.40. The lowest BCUT2D eigenvalue weighted by Crippen LogP contribution is -2.47. The van der Waals surface area contributed by atoms with Gasteiger partial charge < -0.3 is 30.4 Å². The fourth-order valence-corrected chi connectivity index (χ4v) is 1.11. The lowest BCUT2D eigenvalue weighted by atomic mass is 10.2. The molecule has 0 spiro atoms. The van der Waals surface area contributed by atoms with Crippen LogP contribution in [-0.2, 0) is 4.79 Å². The summed E-state index contributed by atoms with van der Waals surface area (Å²) >= 11 is 0. The number of benzene rings is 1. The molecule has 0 unspecified atom stereocenters. The largest absolute Gasteiger partial charge is 0.548 e. The number of hydrogen-bond donors (Lipinski definition) is 2. The summed E-state index contributed by atoms with van der Waals surface area (Å²) in [6.07, 6.45) is 0. The van der Waals surface area contributed by atoms with E-state index >= 15 is 0 Å². The normalized spacial score (nSPS) is 11.4. The van der Waals surface area contributed by atoms with Crippen LogP contribution in [0.2, 0.25) is 0 Å². The van der Waals surface area contributed by atoms with Crippen molar-refractivity contribution in [3.05, 3.63) is 29.8 Å². The number of anilines is 1. The zero-order valence-corrected chi connectivity index (χ0v) is 9.43. The Labute approximate surface area is 102 Å². The molecule has 0 radical (unpaired) electrons. The van der Waals surface area contributed by atoms with E-state index in [1.807, 2.05) is 0 Å². The van der Waals surface area contributed by atoms with Crippen molar-refractivity contribution in [2.75, 3.05) is 5.32 Å². The molecule has 0 bridgehead atoms. The van der Waals surface area contributed by atoms with E-state index in [0.29, 0.717) is 5.69 Å². The van der Waals surface area contributed by atoms with Crippen LogP contribution in [0.4, 0.5) is 10.5 Å². The number of carboxylic acids is 2. The van der Waals surface area contributed by atoms with Gasteiger partial charge in [-0.05, 0) is 24.6 Å². The third-order valence-electron chi connectivity index (χ3n) is 2.08. The van der Waals surface area contributed by atoms with Gasteiger partial charge in [-0.3, -0.25) is 0 Å². The van der Waals surface area contributed by atoms with E-state index in [1.54, 1.807) is 0 Å². The molecule has 0 heterocycles. The molecule has 7 heteroatoms.